The molecule has 0 radical (unpaired) electrons. The summed E-state index contributed by atoms with van der Waals surface area (Å²) >= 11 is 3.50. The van der Waals surface area contributed by atoms with Crippen molar-refractivity contribution in [2.75, 3.05) is 21.3 Å². The van der Waals surface area contributed by atoms with Gasteiger partial charge in [0.25, 0.3) is 0 Å². The molecule has 0 bridgehead atoms. The quantitative estimate of drug-likeness (QED) is 0.324. The standard InChI is InChI=1S/C14H17BrO6/c1-6-5-7-8-10(6)21-12(17)13(8,15)14(19-3,20-4)9(7)11(16)18-2/h5,7-10H,1-4H3/t7?,8?,9-,10-,13-/m0/s1. The number of ether oxygens (including phenoxy) is 4. The van der Waals surface area contributed by atoms with Crippen LogP contribution in [0, 0.1) is 17.8 Å². The van der Waals surface area contributed by atoms with Crippen LogP contribution in [0.15, 0.2) is 11.6 Å². The zero-order chi connectivity index (χ0) is 15.6. The van der Waals surface area contributed by atoms with E-state index in [1.807, 2.05) is 13.0 Å². The van der Waals surface area contributed by atoms with Crippen LogP contribution in [-0.2, 0) is 28.5 Å². The van der Waals surface area contributed by atoms with E-state index in [9.17, 15) is 9.59 Å². The molecule has 2 aliphatic carbocycles. The largest absolute Gasteiger partial charge is 0.469 e. The van der Waals surface area contributed by atoms with Crippen LogP contribution in [0.1, 0.15) is 6.92 Å². The van der Waals surface area contributed by atoms with E-state index >= 15 is 0 Å². The topological polar surface area (TPSA) is 71.1 Å². The normalized spacial score (nSPS) is 42.5. The number of methoxy groups -OCH3 is 3. The van der Waals surface area contributed by atoms with Gasteiger partial charge in [0.15, 0.2) is 4.32 Å². The highest BCUT2D eigenvalue weighted by molar-refractivity contribution is 9.10. The molecule has 1 saturated heterocycles. The van der Waals surface area contributed by atoms with Gasteiger partial charge in [-0.15, -0.1) is 0 Å². The van der Waals surface area contributed by atoms with E-state index in [2.05, 4.69) is 15.9 Å². The van der Waals surface area contributed by atoms with Gasteiger partial charge in [-0.1, -0.05) is 22.0 Å². The maximum Gasteiger partial charge on any atom is 0.329 e. The second-order valence-electron chi connectivity index (χ2n) is 5.63. The third-order valence-electron chi connectivity index (χ3n) is 5.00. The molecule has 7 heteroatoms. The minimum Gasteiger partial charge on any atom is -0.469 e. The molecule has 0 aromatic rings. The number of rotatable bonds is 3. The van der Waals surface area contributed by atoms with Crippen LogP contribution in [0.2, 0.25) is 0 Å². The molecular weight excluding hydrogens is 344 g/mol. The lowest BCUT2D eigenvalue weighted by Gasteiger charge is -2.39. The minimum atomic E-state index is -1.46. The molecule has 116 valence electrons. The fourth-order valence-corrected chi connectivity index (χ4v) is 5.40. The number of carbonyl (C=O) groups is 2. The lowest BCUT2D eigenvalue weighted by molar-refractivity contribution is -0.245. The third-order valence-corrected chi connectivity index (χ3v) is 6.40. The molecule has 0 N–H and O–H groups in total. The summed E-state index contributed by atoms with van der Waals surface area (Å²) in [6.07, 6.45) is 1.60. The van der Waals surface area contributed by atoms with Gasteiger partial charge in [-0.3, -0.25) is 9.59 Å². The minimum absolute atomic E-state index is 0.242. The van der Waals surface area contributed by atoms with Crippen molar-refractivity contribution in [3.8, 4) is 0 Å². The Hall–Kier alpha value is -0.920. The van der Waals surface area contributed by atoms with Gasteiger partial charge < -0.3 is 18.9 Å². The van der Waals surface area contributed by atoms with E-state index in [0.29, 0.717) is 0 Å². The first-order valence-electron chi connectivity index (χ1n) is 6.65. The maximum absolute atomic E-state index is 12.5. The number of carbonyl (C=O) groups excluding carboxylic acids is 2. The van der Waals surface area contributed by atoms with Crippen molar-refractivity contribution in [1.29, 1.82) is 0 Å². The van der Waals surface area contributed by atoms with Gasteiger partial charge in [-0.25, -0.2) is 0 Å². The van der Waals surface area contributed by atoms with Gasteiger partial charge >= 0.3 is 11.9 Å². The molecule has 2 fully saturated rings. The van der Waals surface area contributed by atoms with Crippen molar-refractivity contribution in [1.82, 2.24) is 0 Å². The molecule has 21 heavy (non-hydrogen) atoms. The number of allylic oxidation sites excluding steroid dienone is 1. The Morgan fingerprint density at radius 2 is 1.95 bits per heavy atom. The number of hydrogen-bond acceptors (Lipinski definition) is 6. The molecule has 3 aliphatic rings. The highest BCUT2D eigenvalue weighted by Crippen LogP contribution is 2.66. The van der Waals surface area contributed by atoms with Crippen molar-refractivity contribution in [2.24, 2.45) is 17.8 Å². The summed E-state index contributed by atoms with van der Waals surface area (Å²) in [4.78, 5) is 24.8. The molecular formula is C14H17BrO6. The lowest BCUT2D eigenvalue weighted by atomic mass is 9.89. The van der Waals surface area contributed by atoms with Crippen LogP contribution >= 0.6 is 15.9 Å². The highest BCUT2D eigenvalue weighted by atomic mass is 79.9. The zero-order valence-electron chi connectivity index (χ0n) is 12.2. The van der Waals surface area contributed by atoms with Crippen molar-refractivity contribution >= 4 is 27.9 Å². The molecule has 1 saturated carbocycles. The predicted octanol–water partition coefficient (Wildman–Crippen LogP) is 1.03. The van der Waals surface area contributed by atoms with E-state index in [1.54, 1.807) is 0 Å². The average Bonchev–Trinajstić information content (AvgIpc) is 3.01. The fraction of sp³-hybridized carbons (Fsp3) is 0.714. The van der Waals surface area contributed by atoms with E-state index in [-0.39, 0.29) is 17.9 Å². The smallest absolute Gasteiger partial charge is 0.329 e. The summed E-state index contributed by atoms with van der Waals surface area (Å²) < 4.78 is 20.3. The molecule has 1 aliphatic heterocycles. The molecule has 0 aromatic heterocycles. The summed E-state index contributed by atoms with van der Waals surface area (Å²) in [5.41, 5.74) is 0.939. The Morgan fingerprint density at radius 3 is 2.48 bits per heavy atom. The monoisotopic (exact) mass is 360 g/mol. The van der Waals surface area contributed by atoms with E-state index in [1.165, 1.54) is 21.3 Å². The highest BCUT2D eigenvalue weighted by Gasteiger charge is 2.82. The van der Waals surface area contributed by atoms with Crippen LogP contribution in [0.25, 0.3) is 0 Å². The van der Waals surface area contributed by atoms with Gasteiger partial charge in [-0.2, -0.15) is 0 Å². The first kappa shape index (κ1) is 15.0. The Morgan fingerprint density at radius 1 is 1.33 bits per heavy atom. The Bertz CT molecular complexity index is 540. The van der Waals surface area contributed by atoms with Gasteiger partial charge in [0.2, 0.25) is 5.79 Å². The molecule has 6 nitrogen and oxygen atoms in total. The van der Waals surface area contributed by atoms with Crippen LogP contribution in [-0.4, -0.2) is 49.5 Å². The van der Waals surface area contributed by atoms with Crippen LogP contribution in [0.4, 0.5) is 0 Å². The molecule has 0 amide bonds. The average molecular weight is 361 g/mol. The zero-order valence-corrected chi connectivity index (χ0v) is 13.8. The lowest BCUT2D eigenvalue weighted by Crippen LogP contribution is -2.59. The maximum atomic E-state index is 12.5. The fourth-order valence-electron chi connectivity index (χ4n) is 4.20. The van der Waals surface area contributed by atoms with Crippen molar-refractivity contribution in [2.45, 2.75) is 23.1 Å². The summed E-state index contributed by atoms with van der Waals surface area (Å²) in [6.45, 7) is 1.89. The van der Waals surface area contributed by atoms with Crippen LogP contribution in [0.3, 0.4) is 0 Å². The predicted molar refractivity (Wildman–Crippen MR) is 74.5 cm³/mol. The van der Waals surface area contributed by atoms with Crippen molar-refractivity contribution in [3.05, 3.63) is 11.6 Å². The van der Waals surface area contributed by atoms with E-state index in [0.717, 1.165) is 5.57 Å². The first-order chi connectivity index (χ1) is 9.88. The summed E-state index contributed by atoms with van der Waals surface area (Å²) in [5.74, 6) is -3.63. The number of halogens is 1. The van der Waals surface area contributed by atoms with Crippen LogP contribution < -0.4 is 0 Å². The van der Waals surface area contributed by atoms with Gasteiger partial charge in [0, 0.05) is 26.1 Å². The van der Waals surface area contributed by atoms with Crippen molar-refractivity contribution < 1.29 is 28.5 Å². The summed E-state index contributed by atoms with van der Waals surface area (Å²) in [7, 11) is 4.15. The Kier molecular flexibility index (Phi) is 3.24. The van der Waals surface area contributed by atoms with Crippen LogP contribution in [0.5, 0.6) is 0 Å². The molecule has 0 aromatic carbocycles. The van der Waals surface area contributed by atoms with E-state index < -0.39 is 28.0 Å². The van der Waals surface area contributed by atoms with E-state index in [4.69, 9.17) is 18.9 Å². The Balaban J connectivity index is 2.23. The molecule has 0 spiro atoms. The van der Waals surface area contributed by atoms with Gasteiger partial charge in [-0.05, 0) is 12.5 Å². The molecule has 2 unspecified atom stereocenters. The van der Waals surface area contributed by atoms with Gasteiger partial charge in [0.05, 0.1) is 7.11 Å². The summed E-state index contributed by atoms with van der Waals surface area (Å²) in [6, 6.07) is 0. The molecule has 1 heterocycles. The van der Waals surface area contributed by atoms with Crippen molar-refractivity contribution in [3.63, 3.8) is 0 Å². The number of alkyl halides is 1. The Labute approximate surface area is 130 Å². The second kappa shape index (κ2) is 4.54. The van der Waals surface area contributed by atoms with Gasteiger partial charge in [0.1, 0.15) is 12.0 Å². The summed E-state index contributed by atoms with van der Waals surface area (Å²) in [5, 5.41) is 0. The molecule has 5 atom stereocenters. The molecule has 3 rings (SSSR count). The number of hydrogen-bond donors (Lipinski definition) is 0. The second-order valence-corrected chi connectivity index (χ2v) is 6.88. The number of esters is 2. The SMILES string of the molecule is COC(=O)[C@@H]1C2C=C(C)[C@@H]3OC(=O)[C@@](Br)(C23)C1(OC)OC. The first-order valence-corrected chi connectivity index (χ1v) is 7.44. The third kappa shape index (κ3) is 1.44.